The third-order valence-electron chi connectivity index (χ3n) is 3.10. The Kier molecular flexibility index (Phi) is 5.05. The molecular formula is C11H22N2O2. The van der Waals surface area contributed by atoms with Gasteiger partial charge in [0.15, 0.2) is 0 Å². The highest BCUT2D eigenvalue weighted by Crippen LogP contribution is 2.14. The fraction of sp³-hybridized carbons (Fsp3) is 0.909. The molecule has 1 heterocycles. The molecule has 0 bridgehead atoms. The zero-order chi connectivity index (χ0) is 11.3. The van der Waals surface area contributed by atoms with Gasteiger partial charge in [-0.25, -0.2) is 0 Å². The molecule has 4 heteroatoms. The standard InChI is InChI=1S/C11H22N2O2/c1-9(7-11(14)15)12-8-10-5-3-4-6-13(10)2/h9-10,12H,3-8H2,1-2H3,(H,14,15). The van der Waals surface area contributed by atoms with Crippen LogP contribution in [0.1, 0.15) is 32.6 Å². The number of piperidine rings is 1. The maximum atomic E-state index is 10.5. The Bertz CT molecular complexity index is 209. The van der Waals surface area contributed by atoms with Crippen molar-refractivity contribution < 1.29 is 9.90 Å². The molecule has 1 rings (SSSR count). The summed E-state index contributed by atoms with van der Waals surface area (Å²) in [6.07, 6.45) is 4.02. The summed E-state index contributed by atoms with van der Waals surface area (Å²) in [5, 5.41) is 11.9. The molecule has 1 aliphatic rings. The number of hydrogen-bond acceptors (Lipinski definition) is 3. The first-order chi connectivity index (χ1) is 7.09. The van der Waals surface area contributed by atoms with E-state index in [1.807, 2.05) is 6.92 Å². The smallest absolute Gasteiger partial charge is 0.304 e. The van der Waals surface area contributed by atoms with E-state index in [1.54, 1.807) is 0 Å². The van der Waals surface area contributed by atoms with E-state index in [-0.39, 0.29) is 12.5 Å². The lowest BCUT2D eigenvalue weighted by molar-refractivity contribution is -0.137. The number of carboxylic acid groups (broad SMARTS) is 1. The lowest BCUT2D eigenvalue weighted by Gasteiger charge is -2.33. The highest BCUT2D eigenvalue weighted by Gasteiger charge is 2.19. The molecule has 88 valence electrons. The van der Waals surface area contributed by atoms with Crippen LogP contribution >= 0.6 is 0 Å². The Balaban J connectivity index is 2.20. The molecule has 0 spiro atoms. The zero-order valence-corrected chi connectivity index (χ0v) is 9.70. The largest absolute Gasteiger partial charge is 0.481 e. The zero-order valence-electron chi connectivity index (χ0n) is 9.70. The molecule has 4 nitrogen and oxygen atoms in total. The van der Waals surface area contributed by atoms with Crippen LogP contribution in [0.4, 0.5) is 0 Å². The fourth-order valence-electron chi connectivity index (χ4n) is 2.07. The third kappa shape index (κ3) is 4.62. The van der Waals surface area contributed by atoms with Gasteiger partial charge >= 0.3 is 5.97 Å². The van der Waals surface area contributed by atoms with E-state index < -0.39 is 5.97 Å². The number of nitrogens with one attached hydrogen (secondary N) is 1. The summed E-state index contributed by atoms with van der Waals surface area (Å²) >= 11 is 0. The number of carbonyl (C=O) groups is 1. The Morgan fingerprint density at radius 1 is 1.60 bits per heavy atom. The van der Waals surface area contributed by atoms with Crippen molar-refractivity contribution in [1.29, 1.82) is 0 Å². The van der Waals surface area contributed by atoms with Crippen LogP contribution in [-0.2, 0) is 4.79 Å². The minimum absolute atomic E-state index is 0.0674. The number of hydrogen-bond donors (Lipinski definition) is 2. The molecule has 0 saturated carbocycles. The molecule has 0 amide bonds. The number of likely N-dealkylation sites (N-methyl/N-ethyl adjacent to an activating group) is 1. The normalized spacial score (nSPS) is 25.1. The second-order valence-corrected chi connectivity index (χ2v) is 4.54. The summed E-state index contributed by atoms with van der Waals surface area (Å²) in [4.78, 5) is 12.8. The van der Waals surface area contributed by atoms with Crippen molar-refractivity contribution in [3.05, 3.63) is 0 Å². The van der Waals surface area contributed by atoms with Gasteiger partial charge < -0.3 is 15.3 Å². The van der Waals surface area contributed by atoms with Crippen molar-refractivity contribution in [2.75, 3.05) is 20.1 Å². The highest BCUT2D eigenvalue weighted by atomic mass is 16.4. The topological polar surface area (TPSA) is 52.6 Å². The Hall–Kier alpha value is -0.610. The quantitative estimate of drug-likeness (QED) is 0.714. The van der Waals surface area contributed by atoms with Crippen molar-refractivity contribution >= 4 is 5.97 Å². The van der Waals surface area contributed by atoms with Crippen molar-refractivity contribution in [1.82, 2.24) is 10.2 Å². The highest BCUT2D eigenvalue weighted by molar-refractivity contribution is 5.67. The van der Waals surface area contributed by atoms with E-state index in [0.29, 0.717) is 6.04 Å². The molecule has 2 unspecified atom stereocenters. The maximum Gasteiger partial charge on any atom is 0.304 e. The van der Waals surface area contributed by atoms with Crippen molar-refractivity contribution in [3.63, 3.8) is 0 Å². The van der Waals surface area contributed by atoms with Crippen LogP contribution in [-0.4, -0.2) is 48.2 Å². The lowest BCUT2D eigenvalue weighted by Crippen LogP contribution is -2.45. The summed E-state index contributed by atoms with van der Waals surface area (Å²) < 4.78 is 0. The average molecular weight is 214 g/mol. The van der Waals surface area contributed by atoms with Gasteiger partial charge in [-0.15, -0.1) is 0 Å². The Labute approximate surface area is 91.6 Å². The van der Waals surface area contributed by atoms with E-state index in [2.05, 4.69) is 17.3 Å². The number of nitrogens with zero attached hydrogens (tertiary/aromatic N) is 1. The summed E-state index contributed by atoms with van der Waals surface area (Å²) in [6, 6.07) is 0.646. The molecule has 2 atom stereocenters. The van der Waals surface area contributed by atoms with Gasteiger partial charge in [-0.2, -0.15) is 0 Å². The molecule has 0 aromatic rings. The lowest BCUT2D eigenvalue weighted by atomic mass is 10.0. The summed E-state index contributed by atoms with van der Waals surface area (Å²) in [5.74, 6) is -0.730. The van der Waals surface area contributed by atoms with E-state index >= 15 is 0 Å². The molecule has 1 saturated heterocycles. The van der Waals surface area contributed by atoms with Gasteiger partial charge in [0.25, 0.3) is 0 Å². The molecule has 0 aliphatic carbocycles. The maximum absolute atomic E-state index is 10.5. The van der Waals surface area contributed by atoms with Gasteiger partial charge in [0.05, 0.1) is 6.42 Å². The molecule has 1 fully saturated rings. The van der Waals surface area contributed by atoms with Crippen LogP contribution in [0.25, 0.3) is 0 Å². The summed E-state index contributed by atoms with van der Waals surface area (Å²) in [5.41, 5.74) is 0. The fourth-order valence-corrected chi connectivity index (χ4v) is 2.07. The van der Waals surface area contributed by atoms with Crippen LogP contribution < -0.4 is 5.32 Å². The Morgan fingerprint density at radius 2 is 2.33 bits per heavy atom. The van der Waals surface area contributed by atoms with Crippen LogP contribution in [0, 0.1) is 0 Å². The molecule has 0 aromatic carbocycles. The number of likely N-dealkylation sites (tertiary alicyclic amines) is 1. The van der Waals surface area contributed by atoms with Crippen LogP contribution in [0.3, 0.4) is 0 Å². The van der Waals surface area contributed by atoms with Gasteiger partial charge in [-0.1, -0.05) is 6.42 Å². The van der Waals surface area contributed by atoms with Crippen LogP contribution in [0.5, 0.6) is 0 Å². The van der Waals surface area contributed by atoms with E-state index in [9.17, 15) is 4.79 Å². The first-order valence-corrected chi connectivity index (χ1v) is 5.75. The average Bonchev–Trinajstić information content (AvgIpc) is 2.15. The molecule has 15 heavy (non-hydrogen) atoms. The van der Waals surface area contributed by atoms with E-state index in [1.165, 1.54) is 25.8 Å². The van der Waals surface area contributed by atoms with Crippen LogP contribution in [0.2, 0.25) is 0 Å². The Morgan fingerprint density at radius 3 is 2.93 bits per heavy atom. The van der Waals surface area contributed by atoms with Crippen molar-refractivity contribution in [2.45, 2.75) is 44.7 Å². The summed E-state index contributed by atoms with van der Waals surface area (Å²) in [7, 11) is 2.15. The molecular weight excluding hydrogens is 192 g/mol. The van der Waals surface area contributed by atoms with Crippen molar-refractivity contribution in [3.8, 4) is 0 Å². The van der Waals surface area contributed by atoms with Gasteiger partial charge in [0, 0.05) is 18.6 Å². The van der Waals surface area contributed by atoms with E-state index in [0.717, 1.165) is 6.54 Å². The SMILES string of the molecule is CC(CC(=O)O)NCC1CCCCN1C. The number of carboxylic acids is 1. The van der Waals surface area contributed by atoms with Gasteiger partial charge in [0.2, 0.25) is 0 Å². The van der Waals surface area contributed by atoms with Gasteiger partial charge in [-0.05, 0) is 33.4 Å². The minimum Gasteiger partial charge on any atom is -0.481 e. The monoisotopic (exact) mass is 214 g/mol. The first kappa shape index (κ1) is 12.5. The van der Waals surface area contributed by atoms with Gasteiger partial charge in [-0.3, -0.25) is 4.79 Å². The first-order valence-electron chi connectivity index (χ1n) is 5.75. The predicted molar refractivity (Wildman–Crippen MR) is 60.0 cm³/mol. The molecule has 0 radical (unpaired) electrons. The van der Waals surface area contributed by atoms with Crippen molar-refractivity contribution in [2.24, 2.45) is 0 Å². The molecule has 2 N–H and O–H groups in total. The second kappa shape index (κ2) is 6.08. The molecule has 0 aromatic heterocycles. The minimum atomic E-state index is -0.730. The number of aliphatic carboxylic acids is 1. The summed E-state index contributed by atoms with van der Waals surface area (Å²) in [6.45, 7) is 4.00. The second-order valence-electron chi connectivity index (χ2n) is 4.54. The van der Waals surface area contributed by atoms with Gasteiger partial charge in [0.1, 0.15) is 0 Å². The third-order valence-corrected chi connectivity index (χ3v) is 3.10. The molecule has 1 aliphatic heterocycles. The number of rotatable bonds is 5. The predicted octanol–water partition coefficient (Wildman–Crippen LogP) is 0.923. The van der Waals surface area contributed by atoms with Crippen LogP contribution in [0.15, 0.2) is 0 Å². The van der Waals surface area contributed by atoms with E-state index in [4.69, 9.17) is 5.11 Å².